The van der Waals surface area contributed by atoms with Gasteiger partial charge in [0.1, 0.15) is 13.3 Å². The largest absolute Gasteiger partial charge is 0.481 e. The highest BCUT2D eigenvalue weighted by atomic mass is 19.1. The molecule has 0 bridgehead atoms. The van der Waals surface area contributed by atoms with Crippen molar-refractivity contribution in [1.82, 2.24) is 0 Å². The van der Waals surface area contributed by atoms with Crippen LogP contribution in [-0.2, 0) is 19.1 Å². The molecule has 0 aliphatic rings. The lowest BCUT2D eigenvalue weighted by Crippen LogP contribution is -2.11. The zero-order valence-corrected chi connectivity index (χ0v) is 9.12. The molecular formula is C10H17FO5. The van der Waals surface area contributed by atoms with Crippen molar-refractivity contribution in [3.63, 3.8) is 0 Å². The molecule has 0 radical (unpaired) electrons. The van der Waals surface area contributed by atoms with Crippen LogP contribution in [0.1, 0.15) is 25.7 Å². The van der Waals surface area contributed by atoms with Gasteiger partial charge in [-0.15, -0.1) is 0 Å². The minimum atomic E-state index is -0.868. The lowest BCUT2D eigenvalue weighted by atomic mass is 10.2. The summed E-state index contributed by atoms with van der Waals surface area (Å²) in [5.74, 6) is -1.25. The predicted octanol–water partition coefficient (Wildman–Crippen LogP) is 1.16. The highest BCUT2D eigenvalue weighted by Crippen LogP contribution is 2.01. The second-order valence-electron chi connectivity index (χ2n) is 3.12. The number of carboxylic acids is 1. The topological polar surface area (TPSA) is 72.8 Å². The minimum absolute atomic E-state index is 0.0101. The number of rotatable bonds is 10. The van der Waals surface area contributed by atoms with Gasteiger partial charge in [0.2, 0.25) is 0 Å². The van der Waals surface area contributed by atoms with E-state index >= 15 is 0 Å². The third-order valence-corrected chi connectivity index (χ3v) is 1.73. The fourth-order valence-corrected chi connectivity index (χ4v) is 0.989. The van der Waals surface area contributed by atoms with Crippen LogP contribution < -0.4 is 0 Å². The summed E-state index contributed by atoms with van der Waals surface area (Å²) in [6, 6.07) is 0. The van der Waals surface area contributed by atoms with Gasteiger partial charge in [-0.25, -0.2) is 4.39 Å². The number of aliphatic carboxylic acids is 1. The van der Waals surface area contributed by atoms with Crippen molar-refractivity contribution >= 4 is 11.9 Å². The molecule has 0 aromatic carbocycles. The molecular weight excluding hydrogens is 219 g/mol. The van der Waals surface area contributed by atoms with E-state index in [0.717, 1.165) is 0 Å². The number of hydrogen-bond donors (Lipinski definition) is 1. The van der Waals surface area contributed by atoms with E-state index in [-0.39, 0.29) is 38.6 Å². The normalized spacial score (nSPS) is 10.1. The first-order valence-corrected chi connectivity index (χ1v) is 5.18. The lowest BCUT2D eigenvalue weighted by molar-refractivity contribution is -0.145. The quantitative estimate of drug-likeness (QED) is 0.455. The number of esters is 1. The molecule has 0 spiro atoms. The Kier molecular flexibility index (Phi) is 9.59. The number of halogens is 1. The van der Waals surface area contributed by atoms with E-state index in [1.54, 1.807) is 0 Å². The Morgan fingerprint density at radius 2 is 1.75 bits per heavy atom. The van der Waals surface area contributed by atoms with Crippen molar-refractivity contribution in [3.05, 3.63) is 0 Å². The summed E-state index contributed by atoms with van der Waals surface area (Å²) >= 11 is 0. The van der Waals surface area contributed by atoms with E-state index < -0.39 is 12.6 Å². The Morgan fingerprint density at radius 3 is 2.38 bits per heavy atom. The van der Waals surface area contributed by atoms with Crippen LogP contribution in [0.5, 0.6) is 0 Å². The Balaban J connectivity index is 3.21. The van der Waals surface area contributed by atoms with Gasteiger partial charge in [0.25, 0.3) is 0 Å². The van der Waals surface area contributed by atoms with Crippen LogP contribution in [0.4, 0.5) is 4.39 Å². The van der Waals surface area contributed by atoms with Gasteiger partial charge in [-0.2, -0.15) is 0 Å². The smallest absolute Gasteiger partial charge is 0.305 e. The molecule has 0 amide bonds. The van der Waals surface area contributed by atoms with Crippen molar-refractivity contribution in [3.8, 4) is 0 Å². The monoisotopic (exact) mass is 236 g/mol. The third-order valence-electron chi connectivity index (χ3n) is 1.73. The number of unbranched alkanes of at least 4 members (excludes halogenated alkanes) is 1. The van der Waals surface area contributed by atoms with Gasteiger partial charge in [-0.05, 0) is 12.8 Å². The van der Waals surface area contributed by atoms with E-state index in [1.807, 2.05) is 0 Å². The molecule has 16 heavy (non-hydrogen) atoms. The first kappa shape index (κ1) is 14.8. The minimum Gasteiger partial charge on any atom is -0.481 e. The van der Waals surface area contributed by atoms with Gasteiger partial charge in [0, 0.05) is 12.8 Å². The number of alkyl halides is 1. The maximum Gasteiger partial charge on any atom is 0.305 e. The summed E-state index contributed by atoms with van der Waals surface area (Å²) in [5.41, 5.74) is 0. The van der Waals surface area contributed by atoms with Gasteiger partial charge in [-0.3, -0.25) is 9.59 Å². The molecule has 5 nitrogen and oxygen atoms in total. The van der Waals surface area contributed by atoms with E-state index in [9.17, 15) is 14.0 Å². The summed E-state index contributed by atoms with van der Waals surface area (Å²) in [5, 5.41) is 8.34. The highest BCUT2D eigenvalue weighted by Gasteiger charge is 2.03. The number of carboxylic acid groups (broad SMARTS) is 1. The first-order chi connectivity index (χ1) is 7.66. The van der Waals surface area contributed by atoms with Crippen molar-refractivity contribution in [2.24, 2.45) is 0 Å². The molecule has 0 atom stereocenters. The molecule has 1 N–H and O–H groups in total. The van der Waals surface area contributed by atoms with Gasteiger partial charge in [-0.1, -0.05) is 0 Å². The van der Waals surface area contributed by atoms with Gasteiger partial charge < -0.3 is 14.6 Å². The first-order valence-electron chi connectivity index (χ1n) is 5.18. The molecule has 0 fully saturated rings. The average Bonchev–Trinajstić information content (AvgIpc) is 2.24. The molecule has 0 saturated heterocycles. The molecule has 0 aromatic heterocycles. The van der Waals surface area contributed by atoms with Crippen LogP contribution in [0.2, 0.25) is 0 Å². The Morgan fingerprint density at radius 1 is 1.06 bits per heavy atom. The highest BCUT2D eigenvalue weighted by molar-refractivity contribution is 5.69. The standard InChI is InChI=1S/C10H17FO5/c11-5-6-15-7-8-16-10(14)4-2-1-3-9(12)13/h1-8H2,(H,12,13). The van der Waals surface area contributed by atoms with Crippen molar-refractivity contribution < 1.29 is 28.6 Å². The molecule has 0 aliphatic carbocycles. The number of carbonyl (C=O) groups excluding carboxylic acids is 1. The van der Waals surface area contributed by atoms with Gasteiger partial charge in [0.15, 0.2) is 0 Å². The molecule has 0 aliphatic heterocycles. The number of carbonyl (C=O) groups is 2. The van der Waals surface area contributed by atoms with E-state index in [0.29, 0.717) is 12.8 Å². The van der Waals surface area contributed by atoms with E-state index in [2.05, 4.69) is 0 Å². The third kappa shape index (κ3) is 10.9. The molecule has 0 aromatic rings. The molecule has 0 heterocycles. The van der Waals surface area contributed by atoms with E-state index in [1.165, 1.54) is 0 Å². The van der Waals surface area contributed by atoms with Crippen LogP contribution in [-0.4, -0.2) is 43.5 Å². The van der Waals surface area contributed by atoms with Crippen LogP contribution in [0, 0.1) is 0 Å². The molecule has 0 rings (SSSR count). The number of ether oxygens (including phenoxy) is 2. The summed E-state index contributed by atoms with van der Waals surface area (Å²) < 4.78 is 21.1. The van der Waals surface area contributed by atoms with Gasteiger partial charge >= 0.3 is 11.9 Å². The van der Waals surface area contributed by atoms with E-state index in [4.69, 9.17) is 14.6 Å². The van der Waals surface area contributed by atoms with Crippen molar-refractivity contribution in [2.75, 3.05) is 26.5 Å². The van der Waals surface area contributed by atoms with Gasteiger partial charge in [0.05, 0.1) is 13.2 Å². The second kappa shape index (κ2) is 10.4. The second-order valence-corrected chi connectivity index (χ2v) is 3.12. The Hall–Kier alpha value is -1.17. The maximum atomic E-state index is 11.6. The summed E-state index contributed by atoms with van der Waals surface area (Å²) in [4.78, 5) is 21.2. The Bertz CT molecular complexity index is 207. The Labute approximate surface area is 93.5 Å². The average molecular weight is 236 g/mol. The number of hydrogen-bond acceptors (Lipinski definition) is 4. The van der Waals surface area contributed by atoms with Crippen LogP contribution in [0.15, 0.2) is 0 Å². The molecule has 94 valence electrons. The zero-order chi connectivity index (χ0) is 12.2. The predicted molar refractivity (Wildman–Crippen MR) is 53.9 cm³/mol. The van der Waals surface area contributed by atoms with Crippen LogP contribution >= 0.6 is 0 Å². The molecule has 0 unspecified atom stereocenters. The summed E-state index contributed by atoms with van der Waals surface area (Å²) in [7, 11) is 0. The lowest BCUT2D eigenvalue weighted by Gasteiger charge is -2.04. The molecule has 6 heteroatoms. The zero-order valence-electron chi connectivity index (χ0n) is 9.12. The SMILES string of the molecule is O=C(O)CCCCC(=O)OCCOCCF. The summed E-state index contributed by atoms with van der Waals surface area (Å²) in [6.07, 6.45) is 1.22. The van der Waals surface area contributed by atoms with Crippen molar-refractivity contribution in [2.45, 2.75) is 25.7 Å². The fourth-order valence-electron chi connectivity index (χ4n) is 0.989. The fraction of sp³-hybridized carbons (Fsp3) is 0.800. The van der Waals surface area contributed by atoms with Crippen molar-refractivity contribution in [1.29, 1.82) is 0 Å². The summed E-state index contributed by atoms with van der Waals surface area (Å²) in [6.45, 7) is -0.248. The van der Waals surface area contributed by atoms with Crippen LogP contribution in [0.3, 0.4) is 0 Å². The van der Waals surface area contributed by atoms with Crippen LogP contribution in [0.25, 0.3) is 0 Å². The maximum absolute atomic E-state index is 11.6. The molecule has 0 saturated carbocycles.